The lowest BCUT2D eigenvalue weighted by molar-refractivity contribution is 0.104. The van der Waals surface area contributed by atoms with Crippen molar-refractivity contribution in [3.05, 3.63) is 64.1 Å². The molecule has 0 radical (unpaired) electrons. The van der Waals surface area contributed by atoms with Gasteiger partial charge in [0.15, 0.2) is 5.78 Å². The van der Waals surface area contributed by atoms with E-state index in [1.807, 2.05) is 41.9 Å². The lowest BCUT2D eigenvalue weighted by Gasteiger charge is -2.05. The number of hydrogen-bond acceptors (Lipinski definition) is 3. The Hall–Kier alpha value is -2.00. The Morgan fingerprint density at radius 1 is 1.17 bits per heavy atom. The van der Waals surface area contributed by atoms with Crippen LogP contribution < -0.4 is 0 Å². The highest BCUT2D eigenvalue weighted by atomic mass is 32.1. The van der Waals surface area contributed by atoms with Gasteiger partial charge in [-0.05, 0) is 29.3 Å². The van der Waals surface area contributed by atoms with Crippen molar-refractivity contribution in [1.29, 1.82) is 0 Å². The number of fused-ring (bicyclic) bond motifs is 1. The minimum atomic E-state index is 0.0885. The number of carbonyl (C=O) groups is 1. The van der Waals surface area contributed by atoms with Gasteiger partial charge in [-0.1, -0.05) is 18.2 Å². The number of nitrogens with zero attached hydrogens (tertiary/aromatic N) is 1. The minimum absolute atomic E-state index is 0.0885. The zero-order valence-corrected chi connectivity index (χ0v) is 10.7. The fourth-order valence-corrected chi connectivity index (χ4v) is 2.89. The number of hydrogen-bond donors (Lipinski definition) is 0. The third-order valence-electron chi connectivity index (χ3n) is 3.03. The quantitative estimate of drug-likeness (QED) is 0.649. The molecule has 1 aromatic carbocycles. The largest absolute Gasteiger partial charge is 0.289 e. The summed E-state index contributed by atoms with van der Waals surface area (Å²) in [5, 5.41) is 5.87. The molecule has 2 heterocycles. The maximum atomic E-state index is 12.5. The van der Waals surface area contributed by atoms with Gasteiger partial charge in [0, 0.05) is 34.3 Å². The number of benzene rings is 1. The zero-order chi connectivity index (χ0) is 12.5. The maximum Gasteiger partial charge on any atom is 0.194 e. The molecule has 3 heteroatoms. The maximum absolute atomic E-state index is 12.5. The lowest BCUT2D eigenvalue weighted by Crippen LogP contribution is -2.02. The van der Waals surface area contributed by atoms with Crippen LogP contribution in [0.5, 0.6) is 0 Å². The van der Waals surface area contributed by atoms with E-state index in [2.05, 4.69) is 4.98 Å². The highest BCUT2D eigenvalue weighted by Crippen LogP contribution is 2.23. The first-order chi connectivity index (χ1) is 8.77. The van der Waals surface area contributed by atoms with Gasteiger partial charge >= 0.3 is 0 Å². The Balaban J connectivity index is 2.21. The molecule has 0 N–H and O–H groups in total. The van der Waals surface area contributed by atoms with E-state index in [9.17, 15) is 4.79 Å². The summed E-state index contributed by atoms with van der Waals surface area (Å²) in [6, 6.07) is 7.64. The van der Waals surface area contributed by atoms with Crippen LogP contribution in [-0.4, -0.2) is 10.8 Å². The van der Waals surface area contributed by atoms with Gasteiger partial charge in [0.2, 0.25) is 0 Å². The molecule has 0 atom stereocenters. The van der Waals surface area contributed by atoms with E-state index in [1.54, 1.807) is 23.7 Å². The van der Waals surface area contributed by atoms with E-state index >= 15 is 0 Å². The molecule has 0 saturated carbocycles. The Kier molecular flexibility index (Phi) is 2.68. The van der Waals surface area contributed by atoms with Crippen molar-refractivity contribution in [3.63, 3.8) is 0 Å². The van der Waals surface area contributed by atoms with Gasteiger partial charge in [0.25, 0.3) is 0 Å². The van der Waals surface area contributed by atoms with Crippen molar-refractivity contribution in [3.8, 4) is 0 Å². The highest BCUT2D eigenvalue weighted by Gasteiger charge is 2.14. The number of pyridine rings is 1. The van der Waals surface area contributed by atoms with E-state index in [4.69, 9.17) is 0 Å². The third kappa shape index (κ3) is 1.73. The van der Waals surface area contributed by atoms with Crippen LogP contribution in [0.4, 0.5) is 0 Å². The van der Waals surface area contributed by atoms with Gasteiger partial charge in [0.05, 0.1) is 0 Å². The smallest absolute Gasteiger partial charge is 0.194 e. The van der Waals surface area contributed by atoms with Crippen molar-refractivity contribution < 1.29 is 4.79 Å². The Morgan fingerprint density at radius 3 is 2.83 bits per heavy atom. The fourth-order valence-electron chi connectivity index (χ4n) is 2.06. The molecule has 3 rings (SSSR count). The van der Waals surface area contributed by atoms with Crippen LogP contribution in [0, 0.1) is 6.92 Å². The van der Waals surface area contributed by atoms with Crippen molar-refractivity contribution in [2.75, 3.05) is 0 Å². The molecule has 0 spiro atoms. The van der Waals surface area contributed by atoms with Gasteiger partial charge in [-0.25, -0.2) is 0 Å². The van der Waals surface area contributed by atoms with Crippen LogP contribution in [0.2, 0.25) is 0 Å². The molecule has 88 valence electrons. The average Bonchev–Trinajstić information content (AvgIpc) is 2.83. The summed E-state index contributed by atoms with van der Waals surface area (Å²) < 4.78 is 0. The van der Waals surface area contributed by atoms with Crippen molar-refractivity contribution >= 4 is 27.9 Å². The lowest BCUT2D eigenvalue weighted by atomic mass is 9.98. The van der Waals surface area contributed by atoms with Crippen LogP contribution in [-0.2, 0) is 0 Å². The summed E-state index contributed by atoms with van der Waals surface area (Å²) in [5.74, 6) is 0.0885. The molecule has 18 heavy (non-hydrogen) atoms. The van der Waals surface area contributed by atoms with E-state index in [0.29, 0.717) is 0 Å². The molecular weight excluding hydrogens is 242 g/mol. The van der Waals surface area contributed by atoms with Crippen molar-refractivity contribution in [2.24, 2.45) is 0 Å². The van der Waals surface area contributed by atoms with Crippen LogP contribution in [0.3, 0.4) is 0 Å². The van der Waals surface area contributed by atoms with Gasteiger partial charge in [-0.15, -0.1) is 0 Å². The summed E-state index contributed by atoms with van der Waals surface area (Å²) >= 11 is 1.56. The summed E-state index contributed by atoms with van der Waals surface area (Å²) in [6.07, 6.45) is 3.51. The van der Waals surface area contributed by atoms with Gasteiger partial charge in [0.1, 0.15) is 0 Å². The SMILES string of the molecule is Cc1cscc1C(=O)c1cccc2cnccc12. The zero-order valence-electron chi connectivity index (χ0n) is 9.88. The Labute approximate surface area is 109 Å². The Bertz CT molecular complexity index is 725. The van der Waals surface area contributed by atoms with Crippen molar-refractivity contribution in [1.82, 2.24) is 4.98 Å². The predicted octanol–water partition coefficient (Wildman–Crippen LogP) is 3.84. The van der Waals surface area contributed by atoms with Gasteiger partial charge in [-0.3, -0.25) is 9.78 Å². The molecule has 0 fully saturated rings. The molecule has 0 bridgehead atoms. The Morgan fingerprint density at radius 2 is 2.06 bits per heavy atom. The second kappa shape index (κ2) is 4.35. The summed E-state index contributed by atoms with van der Waals surface area (Å²) in [4.78, 5) is 16.6. The first kappa shape index (κ1) is 11.1. The van der Waals surface area contributed by atoms with Crippen LogP contribution in [0.25, 0.3) is 10.8 Å². The third-order valence-corrected chi connectivity index (χ3v) is 3.89. The monoisotopic (exact) mass is 253 g/mol. The van der Waals surface area contributed by atoms with E-state index < -0.39 is 0 Å². The van der Waals surface area contributed by atoms with Crippen LogP contribution in [0.1, 0.15) is 21.5 Å². The normalized spacial score (nSPS) is 10.7. The topological polar surface area (TPSA) is 30.0 Å². The predicted molar refractivity (Wildman–Crippen MR) is 74.2 cm³/mol. The molecule has 2 nitrogen and oxygen atoms in total. The molecule has 0 saturated heterocycles. The summed E-state index contributed by atoms with van der Waals surface area (Å²) in [5.41, 5.74) is 2.58. The first-order valence-electron chi connectivity index (χ1n) is 5.67. The molecule has 0 aliphatic heterocycles. The van der Waals surface area contributed by atoms with E-state index in [0.717, 1.165) is 27.5 Å². The minimum Gasteiger partial charge on any atom is -0.289 e. The number of ketones is 1. The highest BCUT2D eigenvalue weighted by molar-refractivity contribution is 7.08. The average molecular weight is 253 g/mol. The van der Waals surface area contributed by atoms with Crippen LogP contribution in [0.15, 0.2) is 47.4 Å². The van der Waals surface area contributed by atoms with Gasteiger partial charge < -0.3 is 0 Å². The number of aryl methyl sites for hydroxylation is 1. The second-order valence-corrected chi connectivity index (χ2v) is 4.94. The van der Waals surface area contributed by atoms with Gasteiger partial charge in [-0.2, -0.15) is 11.3 Å². The van der Waals surface area contributed by atoms with E-state index in [-0.39, 0.29) is 5.78 Å². The molecule has 0 aliphatic carbocycles. The summed E-state index contributed by atoms with van der Waals surface area (Å²) in [7, 11) is 0. The number of carbonyl (C=O) groups excluding carboxylic acids is 1. The number of aromatic nitrogens is 1. The first-order valence-corrected chi connectivity index (χ1v) is 6.62. The number of rotatable bonds is 2. The molecule has 0 amide bonds. The summed E-state index contributed by atoms with van der Waals surface area (Å²) in [6.45, 7) is 1.97. The standard InChI is InChI=1S/C15H11NOS/c1-10-8-18-9-14(10)15(17)13-4-2-3-11-7-16-6-5-12(11)13/h2-9H,1H3. The molecule has 0 aliphatic rings. The molecule has 0 unspecified atom stereocenters. The number of thiophene rings is 1. The molecular formula is C15H11NOS. The van der Waals surface area contributed by atoms with E-state index in [1.165, 1.54) is 0 Å². The van der Waals surface area contributed by atoms with Crippen molar-refractivity contribution in [2.45, 2.75) is 6.92 Å². The molecule has 2 aromatic heterocycles. The molecule has 3 aromatic rings. The fraction of sp³-hybridized carbons (Fsp3) is 0.0667. The van der Waals surface area contributed by atoms with Crippen LogP contribution >= 0.6 is 11.3 Å². The second-order valence-electron chi connectivity index (χ2n) is 4.20.